The van der Waals surface area contributed by atoms with Crippen LogP contribution in [0.3, 0.4) is 0 Å². The van der Waals surface area contributed by atoms with Gasteiger partial charge in [-0.05, 0) is 36.4 Å². The molecule has 1 heterocycles. The Bertz CT molecular complexity index is 1030. The van der Waals surface area contributed by atoms with Crippen molar-refractivity contribution in [3.8, 4) is 11.5 Å². The van der Waals surface area contributed by atoms with E-state index in [0.717, 1.165) is 0 Å². The molecule has 4 nitrogen and oxygen atoms in total. The second kappa shape index (κ2) is 8.54. The number of pyridine rings is 1. The normalized spacial score (nSPS) is 12.5. The molecule has 6 heteroatoms. The van der Waals surface area contributed by atoms with Gasteiger partial charge in [0.2, 0.25) is 0 Å². The summed E-state index contributed by atoms with van der Waals surface area (Å²) in [6.07, 6.45) is 2.33. The molecule has 0 saturated carbocycles. The van der Waals surface area contributed by atoms with Crippen LogP contribution in [0, 0.1) is 5.41 Å². The first kappa shape index (κ1) is 21.3. The van der Waals surface area contributed by atoms with Crippen LogP contribution < -0.4 is 4.74 Å². The number of aromatic nitrogens is 1. The fourth-order valence-corrected chi connectivity index (χ4v) is 3.29. The average molecular weight is 430 g/mol. The van der Waals surface area contributed by atoms with Crippen molar-refractivity contribution in [2.45, 2.75) is 26.9 Å². The highest BCUT2D eigenvalue weighted by Gasteiger charge is 2.23. The number of hydrogen-bond donors (Lipinski definition) is 1. The van der Waals surface area contributed by atoms with Crippen LogP contribution in [0.5, 0.6) is 11.5 Å². The molecule has 1 N–H and O–H groups in total. The Hall–Kier alpha value is -2.40. The van der Waals surface area contributed by atoms with Gasteiger partial charge in [0, 0.05) is 34.5 Å². The Morgan fingerprint density at radius 3 is 2.41 bits per heavy atom. The van der Waals surface area contributed by atoms with Crippen molar-refractivity contribution in [3.05, 3.63) is 87.7 Å². The molecule has 2 aromatic carbocycles. The Labute approximate surface area is 180 Å². The quantitative estimate of drug-likeness (QED) is 0.470. The molecule has 3 rings (SSSR count). The minimum atomic E-state index is -0.892. The molecule has 1 unspecified atom stereocenters. The number of aliphatic hydroxyl groups excluding tert-OH is 1. The number of rotatable bonds is 5. The number of ketones is 1. The van der Waals surface area contributed by atoms with Gasteiger partial charge in [-0.25, -0.2) is 0 Å². The molecule has 0 radical (unpaired) electrons. The van der Waals surface area contributed by atoms with Gasteiger partial charge in [0.15, 0.2) is 5.78 Å². The number of carbonyl (C=O) groups excluding carboxylic acids is 1. The third kappa shape index (κ3) is 4.96. The van der Waals surface area contributed by atoms with Crippen LogP contribution in [0.4, 0.5) is 0 Å². The summed E-state index contributed by atoms with van der Waals surface area (Å²) >= 11 is 12.7. The number of hydrogen-bond acceptors (Lipinski definition) is 4. The standard InChI is InChI=1S/C23H21Cl2NO3/c1-23(2,3)22(28)14-6-9-20(19(25)11-14)29-16-7-8-17(18(24)12-16)21(27)15-5-4-10-26-13-15/h4-13,21,27H,1-3H3. The number of aliphatic hydroxyl groups is 1. The molecule has 0 aliphatic carbocycles. The van der Waals surface area contributed by atoms with Gasteiger partial charge >= 0.3 is 0 Å². The van der Waals surface area contributed by atoms with Crippen molar-refractivity contribution in [1.82, 2.24) is 4.98 Å². The van der Waals surface area contributed by atoms with E-state index in [9.17, 15) is 9.90 Å². The molecule has 0 fully saturated rings. The largest absolute Gasteiger partial charge is 0.456 e. The monoisotopic (exact) mass is 429 g/mol. The Morgan fingerprint density at radius 2 is 1.83 bits per heavy atom. The lowest BCUT2D eigenvalue weighted by Crippen LogP contribution is -2.20. The van der Waals surface area contributed by atoms with Crippen LogP contribution in [-0.4, -0.2) is 15.9 Å². The zero-order valence-corrected chi connectivity index (χ0v) is 17.8. The third-order valence-electron chi connectivity index (χ3n) is 4.37. The highest BCUT2D eigenvalue weighted by Crippen LogP contribution is 2.35. The van der Waals surface area contributed by atoms with E-state index in [1.807, 2.05) is 20.8 Å². The van der Waals surface area contributed by atoms with Gasteiger partial charge in [-0.15, -0.1) is 0 Å². The van der Waals surface area contributed by atoms with Crippen molar-refractivity contribution < 1.29 is 14.6 Å². The van der Waals surface area contributed by atoms with Crippen molar-refractivity contribution in [2.75, 3.05) is 0 Å². The van der Waals surface area contributed by atoms with Gasteiger partial charge in [-0.1, -0.05) is 56.1 Å². The minimum absolute atomic E-state index is 0.00253. The minimum Gasteiger partial charge on any atom is -0.456 e. The number of carbonyl (C=O) groups is 1. The van der Waals surface area contributed by atoms with E-state index in [1.165, 1.54) is 0 Å². The van der Waals surface area contributed by atoms with Gasteiger partial charge in [0.05, 0.1) is 10.0 Å². The summed E-state index contributed by atoms with van der Waals surface area (Å²) in [6, 6.07) is 13.5. The number of halogens is 2. The van der Waals surface area contributed by atoms with Crippen LogP contribution in [-0.2, 0) is 0 Å². The average Bonchev–Trinajstić information content (AvgIpc) is 2.68. The lowest BCUT2D eigenvalue weighted by atomic mass is 9.86. The van der Waals surface area contributed by atoms with E-state index in [1.54, 1.807) is 60.9 Å². The topological polar surface area (TPSA) is 59.4 Å². The number of benzene rings is 2. The molecule has 1 aromatic heterocycles. The molecule has 0 bridgehead atoms. The Morgan fingerprint density at radius 1 is 1.07 bits per heavy atom. The highest BCUT2D eigenvalue weighted by atomic mass is 35.5. The number of ether oxygens (including phenoxy) is 1. The van der Waals surface area contributed by atoms with Crippen LogP contribution in [0.25, 0.3) is 0 Å². The predicted molar refractivity (Wildman–Crippen MR) is 115 cm³/mol. The maximum Gasteiger partial charge on any atom is 0.168 e. The van der Waals surface area contributed by atoms with Gasteiger partial charge in [-0.3, -0.25) is 9.78 Å². The highest BCUT2D eigenvalue weighted by molar-refractivity contribution is 6.32. The lowest BCUT2D eigenvalue weighted by Gasteiger charge is -2.17. The van der Waals surface area contributed by atoms with E-state index < -0.39 is 11.5 Å². The van der Waals surface area contributed by atoms with Crippen LogP contribution in [0.15, 0.2) is 60.9 Å². The summed E-state index contributed by atoms with van der Waals surface area (Å²) in [7, 11) is 0. The molecule has 0 aliphatic rings. The fourth-order valence-electron chi connectivity index (χ4n) is 2.80. The van der Waals surface area contributed by atoms with Crippen molar-refractivity contribution in [1.29, 1.82) is 0 Å². The molecular weight excluding hydrogens is 409 g/mol. The van der Waals surface area contributed by atoms with E-state index >= 15 is 0 Å². The van der Waals surface area contributed by atoms with Crippen molar-refractivity contribution in [3.63, 3.8) is 0 Å². The molecule has 150 valence electrons. The fraction of sp³-hybridized carbons (Fsp3) is 0.217. The third-order valence-corrected chi connectivity index (χ3v) is 4.99. The summed E-state index contributed by atoms with van der Waals surface area (Å²) in [5, 5.41) is 11.2. The van der Waals surface area contributed by atoms with Crippen LogP contribution >= 0.6 is 23.2 Å². The summed E-state index contributed by atoms with van der Waals surface area (Å²) in [5.74, 6) is 0.880. The summed E-state index contributed by atoms with van der Waals surface area (Å²) in [4.78, 5) is 16.4. The second-order valence-corrected chi connectivity index (χ2v) is 8.51. The van der Waals surface area contributed by atoms with E-state index in [0.29, 0.717) is 38.2 Å². The summed E-state index contributed by atoms with van der Waals surface area (Å²) < 4.78 is 5.83. The Balaban J connectivity index is 1.81. The summed E-state index contributed by atoms with van der Waals surface area (Å²) in [6.45, 7) is 5.57. The maximum absolute atomic E-state index is 12.4. The molecular formula is C23H21Cl2NO3. The zero-order chi connectivity index (χ0) is 21.2. The zero-order valence-electron chi connectivity index (χ0n) is 16.3. The second-order valence-electron chi connectivity index (χ2n) is 7.70. The first-order valence-corrected chi connectivity index (χ1v) is 9.82. The molecule has 0 spiro atoms. The number of nitrogens with zero attached hydrogens (tertiary/aromatic N) is 1. The first-order valence-electron chi connectivity index (χ1n) is 9.06. The molecule has 0 amide bonds. The number of Topliss-reactive ketones (excluding diaryl/α,β-unsaturated/α-hetero) is 1. The predicted octanol–water partition coefficient (Wildman–Crippen LogP) is 6.49. The Kier molecular flexibility index (Phi) is 6.27. The molecule has 0 saturated heterocycles. The SMILES string of the molecule is CC(C)(C)C(=O)c1ccc(Oc2ccc(C(O)c3cccnc3)c(Cl)c2)c(Cl)c1. The lowest BCUT2D eigenvalue weighted by molar-refractivity contribution is 0.0858. The van der Waals surface area contributed by atoms with Gasteiger partial charge in [0.1, 0.15) is 17.6 Å². The molecule has 1 atom stereocenters. The smallest absolute Gasteiger partial charge is 0.168 e. The maximum atomic E-state index is 12.4. The van der Waals surface area contributed by atoms with Gasteiger partial charge < -0.3 is 9.84 Å². The van der Waals surface area contributed by atoms with E-state index in [4.69, 9.17) is 27.9 Å². The van der Waals surface area contributed by atoms with E-state index in [-0.39, 0.29) is 5.78 Å². The van der Waals surface area contributed by atoms with Gasteiger partial charge in [-0.2, -0.15) is 0 Å². The van der Waals surface area contributed by atoms with Crippen molar-refractivity contribution in [2.24, 2.45) is 5.41 Å². The molecule has 3 aromatic rings. The first-order chi connectivity index (χ1) is 13.7. The van der Waals surface area contributed by atoms with Crippen LogP contribution in [0.2, 0.25) is 10.0 Å². The molecule has 0 aliphatic heterocycles. The van der Waals surface area contributed by atoms with Crippen molar-refractivity contribution >= 4 is 29.0 Å². The van der Waals surface area contributed by atoms with E-state index in [2.05, 4.69) is 4.98 Å². The van der Waals surface area contributed by atoms with Gasteiger partial charge in [0.25, 0.3) is 0 Å². The van der Waals surface area contributed by atoms with Crippen LogP contribution in [0.1, 0.15) is 48.4 Å². The summed E-state index contributed by atoms with van der Waals surface area (Å²) in [5.41, 5.74) is 1.22. The molecule has 29 heavy (non-hydrogen) atoms.